The second kappa shape index (κ2) is 8.91. The van der Waals surface area contributed by atoms with E-state index >= 15 is 0 Å². The standard InChI is InChI=1S/C24H21N3O5/c28-19-10-11-20-21(14-19)27(15-17-6-8-18(9-7-17)22(29)25-32)24(31)26(23(20)30)13-12-16-4-2-1-3-5-16/h1-11,14,28,32H,12-13,15H2,(H,25,29). The van der Waals surface area contributed by atoms with Crippen molar-refractivity contribution in [1.29, 1.82) is 0 Å². The van der Waals surface area contributed by atoms with E-state index in [1.165, 1.54) is 39.5 Å². The highest BCUT2D eigenvalue weighted by atomic mass is 16.5. The summed E-state index contributed by atoms with van der Waals surface area (Å²) in [6.45, 7) is 0.347. The van der Waals surface area contributed by atoms with Crippen molar-refractivity contribution in [1.82, 2.24) is 14.6 Å². The average Bonchev–Trinajstić information content (AvgIpc) is 2.82. The molecule has 0 aliphatic carbocycles. The normalized spacial score (nSPS) is 10.9. The molecule has 162 valence electrons. The highest BCUT2D eigenvalue weighted by Gasteiger charge is 2.15. The number of rotatable bonds is 6. The lowest BCUT2D eigenvalue weighted by atomic mass is 10.1. The first-order valence-corrected chi connectivity index (χ1v) is 10.0. The number of aromatic hydroxyl groups is 1. The lowest BCUT2D eigenvalue weighted by Gasteiger charge is -2.15. The molecule has 1 amide bonds. The molecule has 0 saturated carbocycles. The predicted octanol–water partition coefficient (Wildman–Crippen LogP) is 2.28. The van der Waals surface area contributed by atoms with Crippen molar-refractivity contribution >= 4 is 16.8 Å². The Hall–Kier alpha value is -4.17. The number of nitrogens with one attached hydrogen (secondary N) is 1. The molecule has 0 saturated heterocycles. The second-order valence-corrected chi connectivity index (χ2v) is 7.40. The second-order valence-electron chi connectivity index (χ2n) is 7.40. The molecule has 1 aromatic heterocycles. The highest BCUT2D eigenvalue weighted by Crippen LogP contribution is 2.17. The van der Waals surface area contributed by atoms with E-state index in [1.807, 2.05) is 30.3 Å². The average molecular weight is 431 g/mol. The quantitative estimate of drug-likeness (QED) is 0.320. The Labute approximate surface area is 182 Å². The smallest absolute Gasteiger partial charge is 0.331 e. The van der Waals surface area contributed by atoms with E-state index in [1.54, 1.807) is 17.6 Å². The third kappa shape index (κ3) is 4.17. The van der Waals surface area contributed by atoms with Crippen molar-refractivity contribution < 1.29 is 15.1 Å². The third-order valence-electron chi connectivity index (χ3n) is 5.33. The Morgan fingerprint density at radius 2 is 1.59 bits per heavy atom. The molecule has 3 N–H and O–H groups in total. The van der Waals surface area contributed by atoms with Crippen LogP contribution in [0.15, 0.2) is 82.4 Å². The molecule has 0 unspecified atom stereocenters. The van der Waals surface area contributed by atoms with Crippen molar-refractivity contribution in [2.45, 2.75) is 19.5 Å². The molecule has 0 bridgehead atoms. The first-order chi connectivity index (χ1) is 15.5. The van der Waals surface area contributed by atoms with Gasteiger partial charge in [-0.2, -0.15) is 0 Å². The molecule has 8 heteroatoms. The van der Waals surface area contributed by atoms with E-state index in [0.717, 1.165) is 5.56 Å². The molecule has 4 rings (SSSR count). The molecule has 0 aliphatic rings. The number of nitrogens with zero attached hydrogens (tertiary/aromatic N) is 2. The van der Waals surface area contributed by atoms with Gasteiger partial charge in [-0.3, -0.25) is 23.9 Å². The van der Waals surface area contributed by atoms with Crippen molar-refractivity contribution in [2.75, 3.05) is 0 Å². The van der Waals surface area contributed by atoms with Crippen LogP contribution in [0.2, 0.25) is 0 Å². The van der Waals surface area contributed by atoms with Gasteiger partial charge in [0.05, 0.1) is 17.4 Å². The number of phenols is 1. The van der Waals surface area contributed by atoms with Crippen molar-refractivity contribution in [2.24, 2.45) is 0 Å². The number of carbonyl (C=O) groups is 1. The summed E-state index contributed by atoms with van der Waals surface area (Å²) in [5.74, 6) is -0.694. The lowest BCUT2D eigenvalue weighted by Crippen LogP contribution is -2.40. The van der Waals surface area contributed by atoms with Crippen molar-refractivity contribution in [3.05, 3.63) is 110 Å². The summed E-state index contributed by atoms with van der Waals surface area (Å²) >= 11 is 0. The van der Waals surface area contributed by atoms with E-state index in [0.29, 0.717) is 22.9 Å². The molecule has 1 heterocycles. The van der Waals surface area contributed by atoms with Gasteiger partial charge >= 0.3 is 5.69 Å². The number of amides is 1. The topological polar surface area (TPSA) is 114 Å². The van der Waals surface area contributed by atoms with Gasteiger partial charge in [0.1, 0.15) is 5.75 Å². The molecule has 32 heavy (non-hydrogen) atoms. The number of benzene rings is 3. The Morgan fingerprint density at radius 3 is 2.28 bits per heavy atom. The fourth-order valence-electron chi connectivity index (χ4n) is 3.65. The number of hydrogen-bond donors (Lipinski definition) is 3. The van der Waals surface area contributed by atoms with E-state index in [2.05, 4.69) is 0 Å². The Balaban J connectivity index is 1.78. The zero-order valence-corrected chi connectivity index (χ0v) is 17.1. The molecule has 3 aromatic carbocycles. The van der Waals surface area contributed by atoms with Crippen LogP contribution in [0, 0.1) is 0 Å². The molecule has 0 aliphatic heterocycles. The zero-order chi connectivity index (χ0) is 22.7. The monoisotopic (exact) mass is 431 g/mol. The highest BCUT2D eigenvalue weighted by molar-refractivity contribution is 5.93. The zero-order valence-electron chi connectivity index (χ0n) is 17.1. The molecule has 0 atom stereocenters. The van der Waals surface area contributed by atoms with Crippen LogP contribution in [0.3, 0.4) is 0 Å². The number of carbonyl (C=O) groups excluding carboxylic acids is 1. The number of hydroxylamine groups is 1. The van der Waals surface area contributed by atoms with Crippen LogP contribution in [0.4, 0.5) is 0 Å². The summed E-state index contributed by atoms with van der Waals surface area (Å²) in [4.78, 5) is 37.9. The van der Waals surface area contributed by atoms with Gasteiger partial charge in [-0.25, -0.2) is 10.3 Å². The van der Waals surface area contributed by atoms with Gasteiger partial charge in [0.15, 0.2) is 0 Å². The van der Waals surface area contributed by atoms with Crippen LogP contribution in [0.25, 0.3) is 10.9 Å². The number of hydrogen-bond acceptors (Lipinski definition) is 5. The first kappa shape index (κ1) is 21.1. The molecule has 8 nitrogen and oxygen atoms in total. The maximum atomic E-state index is 13.3. The van der Waals surface area contributed by atoms with Gasteiger partial charge < -0.3 is 5.11 Å². The van der Waals surface area contributed by atoms with E-state index in [-0.39, 0.29) is 24.4 Å². The molecular weight excluding hydrogens is 410 g/mol. The summed E-state index contributed by atoms with van der Waals surface area (Å²) in [5, 5.41) is 19.0. The summed E-state index contributed by atoms with van der Waals surface area (Å²) in [7, 11) is 0. The number of aryl methyl sites for hydroxylation is 1. The minimum Gasteiger partial charge on any atom is -0.508 e. The van der Waals surface area contributed by atoms with Gasteiger partial charge in [-0.1, -0.05) is 42.5 Å². The van der Waals surface area contributed by atoms with E-state index in [4.69, 9.17) is 5.21 Å². The van der Waals surface area contributed by atoms with E-state index in [9.17, 15) is 19.5 Å². The molecular formula is C24H21N3O5. The maximum absolute atomic E-state index is 13.3. The maximum Gasteiger partial charge on any atom is 0.331 e. The van der Waals surface area contributed by atoms with Gasteiger partial charge in [-0.15, -0.1) is 0 Å². The minimum atomic E-state index is -0.640. The molecule has 0 fully saturated rings. The van der Waals surface area contributed by atoms with Crippen LogP contribution in [0.5, 0.6) is 5.75 Å². The lowest BCUT2D eigenvalue weighted by molar-refractivity contribution is 0.0706. The number of fused-ring (bicyclic) bond motifs is 1. The van der Waals surface area contributed by atoms with Crippen LogP contribution in [0.1, 0.15) is 21.5 Å². The Bertz CT molecular complexity index is 1390. The van der Waals surface area contributed by atoms with Crippen LogP contribution < -0.4 is 16.7 Å². The SMILES string of the molecule is O=C(NO)c1ccc(Cn2c(=O)n(CCc3ccccc3)c(=O)c3ccc(O)cc32)cc1. The number of aromatic nitrogens is 2. The van der Waals surface area contributed by atoms with E-state index < -0.39 is 17.2 Å². The van der Waals surface area contributed by atoms with Crippen molar-refractivity contribution in [3.63, 3.8) is 0 Å². The van der Waals surface area contributed by atoms with Gasteiger partial charge in [0, 0.05) is 18.2 Å². The predicted molar refractivity (Wildman–Crippen MR) is 119 cm³/mol. The fraction of sp³-hybridized carbons (Fsp3) is 0.125. The first-order valence-electron chi connectivity index (χ1n) is 10.0. The fourth-order valence-corrected chi connectivity index (χ4v) is 3.65. The molecule has 0 radical (unpaired) electrons. The Kier molecular flexibility index (Phi) is 5.87. The molecule has 4 aromatic rings. The minimum absolute atomic E-state index is 0.0537. The van der Waals surface area contributed by atoms with Crippen LogP contribution in [-0.4, -0.2) is 25.4 Å². The third-order valence-corrected chi connectivity index (χ3v) is 5.33. The number of phenolic OH excluding ortho intramolecular Hbond substituents is 1. The summed E-state index contributed by atoms with van der Waals surface area (Å²) in [5.41, 5.74) is 2.98. The largest absolute Gasteiger partial charge is 0.508 e. The molecule has 0 spiro atoms. The Morgan fingerprint density at radius 1 is 0.875 bits per heavy atom. The van der Waals surface area contributed by atoms with Gasteiger partial charge in [0.2, 0.25) is 0 Å². The van der Waals surface area contributed by atoms with Gasteiger partial charge in [-0.05, 0) is 41.8 Å². The summed E-state index contributed by atoms with van der Waals surface area (Å²) in [6.07, 6.45) is 0.518. The van der Waals surface area contributed by atoms with Crippen molar-refractivity contribution in [3.8, 4) is 5.75 Å². The summed E-state index contributed by atoms with van der Waals surface area (Å²) in [6, 6.07) is 20.3. The van der Waals surface area contributed by atoms with Crippen LogP contribution >= 0.6 is 0 Å². The van der Waals surface area contributed by atoms with Crippen LogP contribution in [-0.2, 0) is 19.5 Å². The van der Waals surface area contributed by atoms with Gasteiger partial charge in [0.25, 0.3) is 11.5 Å². The summed E-state index contributed by atoms with van der Waals surface area (Å²) < 4.78 is 2.64.